The number of halogens is 1. The minimum atomic E-state index is -0.503. The summed E-state index contributed by atoms with van der Waals surface area (Å²) in [5.41, 5.74) is 1.49. The number of rotatable bonds is 2. The lowest BCUT2D eigenvalue weighted by atomic mass is 10.0. The fraction of sp³-hybridized carbons (Fsp3) is 0.263. The van der Waals surface area contributed by atoms with Crippen molar-refractivity contribution in [2.24, 2.45) is 0 Å². The van der Waals surface area contributed by atoms with Crippen molar-refractivity contribution in [3.63, 3.8) is 0 Å². The van der Waals surface area contributed by atoms with E-state index >= 15 is 0 Å². The van der Waals surface area contributed by atoms with Crippen LogP contribution in [0.15, 0.2) is 48.5 Å². The van der Waals surface area contributed by atoms with Gasteiger partial charge in [-0.05, 0) is 30.8 Å². The van der Waals surface area contributed by atoms with Crippen LogP contribution < -0.4 is 5.32 Å². The third-order valence-electron chi connectivity index (χ3n) is 4.37. The Bertz CT molecular complexity index is 803. The molecule has 0 unspecified atom stereocenters. The Balaban J connectivity index is 1.83. The molecule has 1 N–H and O–H groups in total. The standard InChI is InChI=1S/C19H19FN4O/c1-23-9-10-24(18(13-23)14-5-3-2-4-6-14)19(25)22-17-8-7-16(20)11-15(17)12-21/h2-8,11,18H,9-10,13H2,1H3,(H,22,25)/t18-/m0/s1. The molecule has 25 heavy (non-hydrogen) atoms. The van der Waals surface area contributed by atoms with Gasteiger partial charge < -0.3 is 15.1 Å². The van der Waals surface area contributed by atoms with Crippen molar-refractivity contribution < 1.29 is 9.18 Å². The summed E-state index contributed by atoms with van der Waals surface area (Å²) in [5.74, 6) is -0.503. The number of hydrogen-bond acceptors (Lipinski definition) is 3. The zero-order valence-corrected chi connectivity index (χ0v) is 13.9. The van der Waals surface area contributed by atoms with Crippen LogP contribution in [0.25, 0.3) is 0 Å². The molecule has 2 aromatic carbocycles. The van der Waals surface area contributed by atoms with E-state index in [4.69, 9.17) is 5.26 Å². The number of urea groups is 1. The minimum absolute atomic E-state index is 0.0778. The predicted octanol–water partition coefficient (Wildman–Crippen LogP) is 3.22. The molecule has 0 aromatic heterocycles. The lowest BCUT2D eigenvalue weighted by Crippen LogP contribution is -2.50. The van der Waals surface area contributed by atoms with Crippen molar-refractivity contribution in [2.75, 3.05) is 32.0 Å². The first kappa shape index (κ1) is 16.9. The molecule has 128 valence electrons. The molecule has 1 aliphatic heterocycles. The second kappa shape index (κ2) is 7.32. The number of carbonyl (C=O) groups is 1. The molecule has 3 rings (SSSR count). The average Bonchev–Trinajstić information content (AvgIpc) is 2.63. The summed E-state index contributed by atoms with van der Waals surface area (Å²) in [5, 5.41) is 11.9. The van der Waals surface area contributed by atoms with Gasteiger partial charge in [0.2, 0.25) is 0 Å². The summed E-state index contributed by atoms with van der Waals surface area (Å²) in [6.45, 7) is 2.07. The first-order valence-electron chi connectivity index (χ1n) is 8.09. The Kier molecular flexibility index (Phi) is 4.96. The number of piperazine rings is 1. The number of benzene rings is 2. The lowest BCUT2D eigenvalue weighted by molar-refractivity contribution is 0.116. The monoisotopic (exact) mass is 338 g/mol. The van der Waals surface area contributed by atoms with Gasteiger partial charge in [-0.15, -0.1) is 0 Å². The maximum atomic E-state index is 13.3. The van der Waals surface area contributed by atoms with Gasteiger partial charge in [0, 0.05) is 19.6 Å². The highest BCUT2D eigenvalue weighted by molar-refractivity contribution is 5.91. The van der Waals surface area contributed by atoms with Crippen LogP contribution >= 0.6 is 0 Å². The van der Waals surface area contributed by atoms with Crippen molar-refractivity contribution in [3.8, 4) is 6.07 Å². The van der Waals surface area contributed by atoms with E-state index < -0.39 is 5.82 Å². The van der Waals surface area contributed by atoms with Crippen LogP contribution in [-0.4, -0.2) is 42.5 Å². The van der Waals surface area contributed by atoms with Crippen molar-refractivity contribution in [1.82, 2.24) is 9.80 Å². The molecule has 2 amide bonds. The molecule has 0 radical (unpaired) electrons. The maximum absolute atomic E-state index is 13.3. The van der Waals surface area contributed by atoms with Gasteiger partial charge in [-0.25, -0.2) is 9.18 Å². The third kappa shape index (κ3) is 3.78. The highest BCUT2D eigenvalue weighted by Crippen LogP contribution is 2.26. The molecule has 5 nitrogen and oxygen atoms in total. The number of nitrogens with one attached hydrogen (secondary N) is 1. The Morgan fingerprint density at radius 3 is 2.72 bits per heavy atom. The molecule has 0 aliphatic carbocycles. The summed E-state index contributed by atoms with van der Waals surface area (Å²) < 4.78 is 13.3. The number of amides is 2. The van der Waals surface area contributed by atoms with E-state index in [1.54, 1.807) is 4.90 Å². The highest BCUT2D eigenvalue weighted by Gasteiger charge is 2.30. The van der Waals surface area contributed by atoms with Crippen molar-refractivity contribution >= 4 is 11.7 Å². The second-order valence-electron chi connectivity index (χ2n) is 6.11. The fourth-order valence-electron chi connectivity index (χ4n) is 3.03. The lowest BCUT2D eigenvalue weighted by Gasteiger charge is -2.40. The van der Waals surface area contributed by atoms with E-state index in [0.29, 0.717) is 12.2 Å². The van der Waals surface area contributed by atoms with E-state index in [1.807, 2.05) is 43.4 Å². The number of nitriles is 1. The van der Waals surface area contributed by atoms with Crippen LogP contribution in [0.1, 0.15) is 17.2 Å². The van der Waals surface area contributed by atoms with E-state index in [2.05, 4.69) is 10.2 Å². The first-order chi connectivity index (χ1) is 12.1. The van der Waals surface area contributed by atoms with E-state index in [9.17, 15) is 9.18 Å². The smallest absolute Gasteiger partial charge is 0.315 e. The number of hydrogen-bond donors (Lipinski definition) is 1. The second-order valence-corrected chi connectivity index (χ2v) is 6.11. The molecule has 1 aliphatic rings. The molecule has 1 saturated heterocycles. The van der Waals surface area contributed by atoms with Gasteiger partial charge >= 0.3 is 6.03 Å². The molecule has 1 fully saturated rings. The number of nitrogens with zero attached hydrogens (tertiary/aromatic N) is 3. The quantitative estimate of drug-likeness (QED) is 0.915. The highest BCUT2D eigenvalue weighted by atomic mass is 19.1. The maximum Gasteiger partial charge on any atom is 0.322 e. The van der Waals surface area contributed by atoms with Gasteiger partial charge in [0.25, 0.3) is 0 Å². The van der Waals surface area contributed by atoms with Gasteiger partial charge in [0.05, 0.1) is 17.3 Å². The van der Waals surface area contributed by atoms with Crippen molar-refractivity contribution in [2.45, 2.75) is 6.04 Å². The van der Waals surface area contributed by atoms with Crippen LogP contribution in [-0.2, 0) is 0 Å². The molecule has 0 bridgehead atoms. The number of likely N-dealkylation sites (N-methyl/N-ethyl adjacent to an activating group) is 1. The molecule has 6 heteroatoms. The minimum Gasteiger partial charge on any atom is -0.315 e. The Hall–Kier alpha value is -2.91. The molecule has 0 saturated carbocycles. The molecule has 2 aromatic rings. The summed E-state index contributed by atoms with van der Waals surface area (Å²) >= 11 is 0. The molecule has 0 spiro atoms. The number of anilines is 1. The summed E-state index contributed by atoms with van der Waals surface area (Å²) in [6.07, 6.45) is 0. The van der Waals surface area contributed by atoms with Crippen LogP contribution in [0.3, 0.4) is 0 Å². The van der Waals surface area contributed by atoms with Gasteiger partial charge in [-0.1, -0.05) is 30.3 Å². The van der Waals surface area contributed by atoms with Crippen LogP contribution in [0.5, 0.6) is 0 Å². The molecule has 1 heterocycles. The average molecular weight is 338 g/mol. The predicted molar refractivity (Wildman–Crippen MR) is 93.5 cm³/mol. The summed E-state index contributed by atoms with van der Waals surface area (Å²) in [4.78, 5) is 16.7. The third-order valence-corrected chi connectivity index (χ3v) is 4.37. The Morgan fingerprint density at radius 2 is 2.00 bits per heavy atom. The zero-order valence-electron chi connectivity index (χ0n) is 13.9. The van der Waals surface area contributed by atoms with Gasteiger partial charge in [0.15, 0.2) is 0 Å². The molecular weight excluding hydrogens is 319 g/mol. The van der Waals surface area contributed by atoms with Gasteiger partial charge in [0.1, 0.15) is 11.9 Å². The molecule has 1 atom stereocenters. The van der Waals surface area contributed by atoms with E-state index in [0.717, 1.165) is 24.7 Å². The van der Waals surface area contributed by atoms with Crippen molar-refractivity contribution in [1.29, 1.82) is 5.26 Å². The van der Waals surface area contributed by atoms with E-state index in [1.165, 1.54) is 12.1 Å². The number of carbonyl (C=O) groups excluding carboxylic acids is 1. The van der Waals surface area contributed by atoms with Gasteiger partial charge in [-0.3, -0.25) is 0 Å². The fourth-order valence-corrected chi connectivity index (χ4v) is 3.03. The van der Waals surface area contributed by atoms with Crippen LogP contribution in [0.4, 0.5) is 14.9 Å². The molecular formula is C19H19FN4O. The summed E-state index contributed by atoms with van der Waals surface area (Å²) in [7, 11) is 2.03. The van der Waals surface area contributed by atoms with Crippen LogP contribution in [0, 0.1) is 17.1 Å². The Labute approximate surface area is 146 Å². The topological polar surface area (TPSA) is 59.4 Å². The Morgan fingerprint density at radius 1 is 1.24 bits per heavy atom. The van der Waals surface area contributed by atoms with Crippen LogP contribution in [0.2, 0.25) is 0 Å². The normalized spacial score (nSPS) is 17.8. The first-order valence-corrected chi connectivity index (χ1v) is 8.09. The summed E-state index contributed by atoms with van der Waals surface area (Å²) in [6, 6.07) is 15.2. The zero-order chi connectivity index (χ0) is 17.8. The largest absolute Gasteiger partial charge is 0.322 e. The van der Waals surface area contributed by atoms with E-state index in [-0.39, 0.29) is 17.6 Å². The van der Waals surface area contributed by atoms with Gasteiger partial charge in [-0.2, -0.15) is 5.26 Å². The SMILES string of the molecule is CN1CCN(C(=O)Nc2ccc(F)cc2C#N)[C@H](c2ccccc2)C1. The van der Waals surface area contributed by atoms with Crippen molar-refractivity contribution in [3.05, 3.63) is 65.5 Å².